The highest BCUT2D eigenvalue weighted by atomic mass is 16.5. The molecule has 2 rings (SSSR count). The van der Waals surface area contributed by atoms with Crippen LogP contribution in [0.25, 0.3) is 0 Å². The highest BCUT2D eigenvalue weighted by molar-refractivity contribution is 5.74. The van der Waals surface area contributed by atoms with Gasteiger partial charge in [-0.25, -0.2) is 0 Å². The van der Waals surface area contributed by atoms with Crippen LogP contribution in [0.5, 0.6) is 5.75 Å². The number of amides is 1. The first-order valence-corrected chi connectivity index (χ1v) is 6.97. The van der Waals surface area contributed by atoms with Crippen LogP contribution in [0.2, 0.25) is 0 Å². The second-order valence-electron chi connectivity index (χ2n) is 4.98. The quantitative estimate of drug-likeness (QED) is 0.734. The summed E-state index contributed by atoms with van der Waals surface area (Å²) in [5.74, 6) is 0.458. The van der Waals surface area contributed by atoms with E-state index in [0.29, 0.717) is 19.2 Å². The molecule has 0 fully saturated rings. The van der Waals surface area contributed by atoms with Crippen molar-refractivity contribution in [2.75, 3.05) is 26.9 Å². The lowest BCUT2D eigenvalue weighted by atomic mass is 9.87. The van der Waals surface area contributed by atoms with Crippen molar-refractivity contribution in [3.05, 3.63) is 29.3 Å². The molecule has 1 aliphatic carbocycles. The number of nitrogens with one attached hydrogen (secondary N) is 1. The number of methoxy groups -OCH3 is 1. The van der Waals surface area contributed by atoms with E-state index in [1.165, 1.54) is 17.5 Å². The fraction of sp³-hybridized carbons (Fsp3) is 0.533. The van der Waals surface area contributed by atoms with Crippen LogP contribution < -0.4 is 15.8 Å². The summed E-state index contributed by atoms with van der Waals surface area (Å²) in [6.45, 7) is 1.17. The zero-order valence-corrected chi connectivity index (χ0v) is 11.9. The van der Waals surface area contributed by atoms with Crippen LogP contribution in [0.1, 0.15) is 30.0 Å². The summed E-state index contributed by atoms with van der Waals surface area (Å²) in [5.41, 5.74) is 7.71. The zero-order chi connectivity index (χ0) is 14.4. The number of ether oxygens (including phenoxy) is 2. The number of hydrogen-bond acceptors (Lipinski definition) is 4. The number of rotatable bonds is 7. The molecule has 0 bridgehead atoms. The lowest BCUT2D eigenvalue weighted by Crippen LogP contribution is -2.29. The molecule has 0 aliphatic heterocycles. The van der Waals surface area contributed by atoms with Crippen LogP contribution in [0.3, 0.4) is 0 Å². The molecule has 0 aromatic heterocycles. The van der Waals surface area contributed by atoms with E-state index in [2.05, 4.69) is 17.4 Å². The van der Waals surface area contributed by atoms with Crippen molar-refractivity contribution in [3.63, 3.8) is 0 Å². The van der Waals surface area contributed by atoms with Crippen LogP contribution >= 0.6 is 0 Å². The van der Waals surface area contributed by atoms with Gasteiger partial charge in [-0.3, -0.25) is 4.79 Å². The van der Waals surface area contributed by atoms with Crippen LogP contribution in [0.4, 0.5) is 0 Å². The first-order chi connectivity index (χ1) is 9.70. The number of benzene rings is 1. The number of nitrogens with two attached hydrogens (primary N) is 1. The molecule has 1 amide bonds. The molecule has 1 aromatic carbocycles. The van der Waals surface area contributed by atoms with E-state index in [1.807, 2.05) is 6.07 Å². The maximum absolute atomic E-state index is 10.6. The normalized spacial score (nSPS) is 17.6. The van der Waals surface area contributed by atoms with E-state index in [-0.39, 0.29) is 6.61 Å². The molecule has 5 heteroatoms. The van der Waals surface area contributed by atoms with Gasteiger partial charge in [0.1, 0.15) is 12.4 Å². The molecule has 0 radical (unpaired) electrons. The minimum atomic E-state index is -0.433. The molecular formula is C15H22N2O3. The number of aryl methyl sites for hydroxylation is 1. The fourth-order valence-electron chi connectivity index (χ4n) is 2.59. The molecule has 0 saturated carbocycles. The van der Waals surface area contributed by atoms with Crippen LogP contribution in [-0.4, -0.2) is 32.8 Å². The Morgan fingerprint density at radius 2 is 2.35 bits per heavy atom. The SMILES string of the molecule is COc1ccc2c(c1)C(NCCOCC(N)=O)CCC2. The number of primary amides is 1. The van der Waals surface area contributed by atoms with Crippen molar-refractivity contribution >= 4 is 5.91 Å². The summed E-state index contributed by atoms with van der Waals surface area (Å²) in [7, 11) is 1.69. The summed E-state index contributed by atoms with van der Waals surface area (Å²) < 4.78 is 10.5. The van der Waals surface area contributed by atoms with Crippen molar-refractivity contribution in [1.29, 1.82) is 0 Å². The van der Waals surface area contributed by atoms with Gasteiger partial charge in [-0.1, -0.05) is 6.07 Å². The second kappa shape index (κ2) is 7.26. The molecular weight excluding hydrogens is 256 g/mol. The minimum absolute atomic E-state index is 0.0171. The Morgan fingerprint density at radius 3 is 3.10 bits per heavy atom. The number of carbonyl (C=O) groups excluding carboxylic acids is 1. The standard InChI is InChI=1S/C15H22N2O3/c1-19-12-6-5-11-3-2-4-14(13(11)9-12)17-7-8-20-10-15(16)18/h5-6,9,14,17H,2-4,7-8,10H2,1H3,(H2,16,18). The summed E-state index contributed by atoms with van der Waals surface area (Å²) in [4.78, 5) is 10.6. The maximum atomic E-state index is 10.6. The van der Waals surface area contributed by atoms with Gasteiger partial charge in [0.25, 0.3) is 0 Å². The maximum Gasteiger partial charge on any atom is 0.243 e. The Kier molecular flexibility index (Phi) is 5.38. The monoisotopic (exact) mass is 278 g/mol. The zero-order valence-electron chi connectivity index (χ0n) is 11.9. The first kappa shape index (κ1) is 14.8. The number of fused-ring (bicyclic) bond motifs is 1. The summed E-state index contributed by atoms with van der Waals surface area (Å²) in [6.07, 6.45) is 3.41. The van der Waals surface area contributed by atoms with Gasteiger partial charge in [0.15, 0.2) is 0 Å². The van der Waals surface area contributed by atoms with E-state index in [1.54, 1.807) is 7.11 Å². The fourth-order valence-corrected chi connectivity index (χ4v) is 2.59. The van der Waals surface area contributed by atoms with Crippen molar-refractivity contribution in [3.8, 4) is 5.75 Å². The van der Waals surface area contributed by atoms with E-state index >= 15 is 0 Å². The van der Waals surface area contributed by atoms with Gasteiger partial charge in [-0.15, -0.1) is 0 Å². The average molecular weight is 278 g/mol. The molecule has 0 heterocycles. The first-order valence-electron chi connectivity index (χ1n) is 6.97. The van der Waals surface area contributed by atoms with Crippen molar-refractivity contribution in [2.24, 2.45) is 5.73 Å². The van der Waals surface area contributed by atoms with Gasteiger partial charge in [-0.2, -0.15) is 0 Å². The molecule has 1 aromatic rings. The minimum Gasteiger partial charge on any atom is -0.497 e. The Balaban J connectivity index is 1.89. The average Bonchev–Trinajstić information content (AvgIpc) is 2.46. The lowest BCUT2D eigenvalue weighted by molar-refractivity contribution is -0.122. The van der Waals surface area contributed by atoms with Crippen molar-refractivity contribution < 1.29 is 14.3 Å². The van der Waals surface area contributed by atoms with Crippen molar-refractivity contribution in [1.82, 2.24) is 5.32 Å². The molecule has 110 valence electrons. The topological polar surface area (TPSA) is 73.6 Å². The second-order valence-corrected chi connectivity index (χ2v) is 4.98. The molecule has 20 heavy (non-hydrogen) atoms. The Bertz CT molecular complexity index is 462. The highest BCUT2D eigenvalue weighted by Crippen LogP contribution is 2.32. The third-order valence-electron chi connectivity index (χ3n) is 3.55. The molecule has 3 N–H and O–H groups in total. The lowest BCUT2D eigenvalue weighted by Gasteiger charge is -2.27. The van der Waals surface area contributed by atoms with Crippen molar-refractivity contribution in [2.45, 2.75) is 25.3 Å². The van der Waals surface area contributed by atoms with Gasteiger partial charge < -0.3 is 20.5 Å². The van der Waals surface area contributed by atoms with Crippen LogP contribution in [0.15, 0.2) is 18.2 Å². The van der Waals surface area contributed by atoms with E-state index in [9.17, 15) is 4.79 Å². The Labute approximate surface area is 119 Å². The summed E-state index contributed by atoms with van der Waals surface area (Å²) in [5, 5.41) is 3.47. The van der Waals surface area contributed by atoms with Gasteiger partial charge in [0.05, 0.1) is 13.7 Å². The molecule has 0 spiro atoms. The third kappa shape index (κ3) is 3.95. The Morgan fingerprint density at radius 1 is 1.50 bits per heavy atom. The van der Waals surface area contributed by atoms with Crippen LogP contribution in [-0.2, 0) is 16.0 Å². The van der Waals surface area contributed by atoms with E-state index < -0.39 is 5.91 Å². The molecule has 1 aliphatic rings. The predicted molar refractivity (Wildman–Crippen MR) is 76.7 cm³/mol. The largest absolute Gasteiger partial charge is 0.497 e. The molecule has 1 atom stereocenters. The Hall–Kier alpha value is -1.59. The van der Waals surface area contributed by atoms with E-state index in [0.717, 1.165) is 18.6 Å². The molecule has 1 unspecified atom stereocenters. The molecule has 0 saturated heterocycles. The van der Waals surface area contributed by atoms with Gasteiger partial charge in [-0.05, 0) is 42.5 Å². The number of carbonyl (C=O) groups is 1. The van der Waals surface area contributed by atoms with Gasteiger partial charge in [0.2, 0.25) is 5.91 Å². The smallest absolute Gasteiger partial charge is 0.243 e. The summed E-state index contributed by atoms with van der Waals surface area (Å²) >= 11 is 0. The predicted octanol–water partition coefficient (Wildman–Crippen LogP) is 1.16. The van der Waals surface area contributed by atoms with Gasteiger partial charge in [0, 0.05) is 12.6 Å². The van der Waals surface area contributed by atoms with Crippen LogP contribution in [0, 0.1) is 0 Å². The number of hydrogen-bond donors (Lipinski definition) is 2. The molecule has 5 nitrogen and oxygen atoms in total. The van der Waals surface area contributed by atoms with E-state index in [4.69, 9.17) is 15.2 Å². The van der Waals surface area contributed by atoms with Gasteiger partial charge >= 0.3 is 0 Å². The summed E-state index contributed by atoms with van der Waals surface area (Å²) in [6, 6.07) is 6.59. The highest BCUT2D eigenvalue weighted by Gasteiger charge is 2.20. The third-order valence-corrected chi connectivity index (χ3v) is 3.55.